The summed E-state index contributed by atoms with van der Waals surface area (Å²) >= 11 is 0. The highest BCUT2D eigenvalue weighted by molar-refractivity contribution is 5.24. The second-order valence-electron chi connectivity index (χ2n) is 4.01. The van der Waals surface area contributed by atoms with Gasteiger partial charge in [0, 0.05) is 12.6 Å². The number of ether oxygens (including phenoxy) is 1. The van der Waals surface area contributed by atoms with Crippen LogP contribution in [0.3, 0.4) is 0 Å². The van der Waals surface area contributed by atoms with Crippen LogP contribution in [0.15, 0.2) is 24.3 Å². The van der Waals surface area contributed by atoms with Gasteiger partial charge in [-0.3, -0.25) is 0 Å². The Labute approximate surface area is 101 Å². The van der Waals surface area contributed by atoms with Gasteiger partial charge in [-0.2, -0.15) is 0 Å². The molecule has 0 saturated carbocycles. The number of nitrogens with one attached hydrogen (secondary N) is 1. The fourth-order valence-corrected chi connectivity index (χ4v) is 1.65. The number of benzene rings is 1. The number of rotatable bonds is 7. The summed E-state index contributed by atoms with van der Waals surface area (Å²) in [6, 6.07) is 8.32. The molecule has 4 heteroatoms. The van der Waals surface area contributed by atoms with Crippen molar-refractivity contribution in [2.45, 2.75) is 25.8 Å². The van der Waals surface area contributed by atoms with Gasteiger partial charge in [-0.25, -0.2) is 8.78 Å². The van der Waals surface area contributed by atoms with Crippen LogP contribution in [-0.4, -0.2) is 26.7 Å². The maximum absolute atomic E-state index is 11.9. The molecule has 2 nitrogen and oxygen atoms in total. The molecule has 1 unspecified atom stereocenters. The molecule has 0 spiro atoms. The minimum atomic E-state index is -2.39. The number of aryl methyl sites for hydroxylation is 1. The predicted molar refractivity (Wildman–Crippen MR) is 64.4 cm³/mol. The molecule has 0 bridgehead atoms. The second kappa shape index (κ2) is 7.35. The SMILES string of the molecule is CNC(CCOCC(F)F)c1ccc(C)cc1. The van der Waals surface area contributed by atoms with Gasteiger partial charge in [0.05, 0.1) is 0 Å². The molecule has 0 radical (unpaired) electrons. The lowest BCUT2D eigenvalue weighted by molar-refractivity contribution is 0.0145. The molecule has 0 aliphatic carbocycles. The first-order valence-corrected chi connectivity index (χ1v) is 5.73. The first-order valence-electron chi connectivity index (χ1n) is 5.73. The summed E-state index contributed by atoms with van der Waals surface area (Å²) in [4.78, 5) is 0. The van der Waals surface area contributed by atoms with E-state index >= 15 is 0 Å². The van der Waals surface area contributed by atoms with Crippen LogP contribution in [-0.2, 0) is 4.74 Å². The second-order valence-corrected chi connectivity index (χ2v) is 4.01. The van der Waals surface area contributed by atoms with Crippen LogP contribution in [0, 0.1) is 6.92 Å². The zero-order valence-corrected chi connectivity index (χ0v) is 10.2. The molecule has 0 heterocycles. The van der Waals surface area contributed by atoms with E-state index in [4.69, 9.17) is 4.74 Å². The maximum Gasteiger partial charge on any atom is 0.261 e. The van der Waals surface area contributed by atoms with Crippen LogP contribution < -0.4 is 5.32 Å². The third-order valence-electron chi connectivity index (χ3n) is 2.62. The zero-order valence-electron chi connectivity index (χ0n) is 10.2. The van der Waals surface area contributed by atoms with Gasteiger partial charge in [-0.1, -0.05) is 29.8 Å². The standard InChI is InChI=1S/C13H19F2NO/c1-10-3-5-11(6-4-10)12(16-2)7-8-17-9-13(14)15/h3-6,12-13,16H,7-9H2,1-2H3. The van der Waals surface area contributed by atoms with E-state index in [1.165, 1.54) is 5.56 Å². The van der Waals surface area contributed by atoms with Gasteiger partial charge in [0.2, 0.25) is 0 Å². The zero-order chi connectivity index (χ0) is 12.7. The monoisotopic (exact) mass is 243 g/mol. The fourth-order valence-electron chi connectivity index (χ4n) is 1.65. The average Bonchev–Trinajstić information content (AvgIpc) is 2.30. The van der Waals surface area contributed by atoms with Crippen molar-refractivity contribution in [1.82, 2.24) is 5.32 Å². The Morgan fingerprint density at radius 3 is 2.41 bits per heavy atom. The number of halogens is 2. The lowest BCUT2D eigenvalue weighted by Gasteiger charge is -2.16. The normalized spacial score (nSPS) is 13.0. The summed E-state index contributed by atoms with van der Waals surface area (Å²) in [5.41, 5.74) is 2.36. The minimum absolute atomic E-state index is 0.147. The third kappa shape index (κ3) is 5.24. The highest BCUT2D eigenvalue weighted by Gasteiger charge is 2.09. The van der Waals surface area contributed by atoms with Gasteiger partial charge in [0.15, 0.2) is 0 Å². The Hall–Kier alpha value is -1.00. The molecule has 0 amide bonds. The van der Waals surface area contributed by atoms with Crippen molar-refractivity contribution in [2.75, 3.05) is 20.3 Å². The van der Waals surface area contributed by atoms with E-state index in [1.807, 2.05) is 38.2 Å². The van der Waals surface area contributed by atoms with Crippen molar-refractivity contribution in [3.8, 4) is 0 Å². The molecule has 0 aliphatic rings. The Morgan fingerprint density at radius 1 is 1.24 bits per heavy atom. The minimum Gasteiger partial charge on any atom is -0.375 e. The summed E-state index contributed by atoms with van der Waals surface area (Å²) in [7, 11) is 1.86. The number of alkyl halides is 2. The van der Waals surface area contributed by atoms with Crippen LogP contribution in [0.2, 0.25) is 0 Å². The highest BCUT2D eigenvalue weighted by atomic mass is 19.3. The fraction of sp³-hybridized carbons (Fsp3) is 0.538. The number of hydrogen-bond acceptors (Lipinski definition) is 2. The molecule has 0 saturated heterocycles. The molecule has 96 valence electrons. The van der Waals surface area contributed by atoms with E-state index in [1.54, 1.807) is 0 Å². The van der Waals surface area contributed by atoms with E-state index in [9.17, 15) is 8.78 Å². The summed E-state index contributed by atoms with van der Waals surface area (Å²) in [6.07, 6.45) is -1.70. The first kappa shape index (κ1) is 14.1. The lowest BCUT2D eigenvalue weighted by Crippen LogP contribution is -2.19. The lowest BCUT2D eigenvalue weighted by atomic mass is 10.0. The summed E-state index contributed by atoms with van der Waals surface area (Å²) in [6.45, 7) is 1.89. The van der Waals surface area contributed by atoms with E-state index in [-0.39, 0.29) is 6.04 Å². The summed E-state index contributed by atoms with van der Waals surface area (Å²) in [5, 5.41) is 3.16. The van der Waals surface area contributed by atoms with Crippen LogP contribution in [0.25, 0.3) is 0 Å². The third-order valence-corrected chi connectivity index (χ3v) is 2.62. The molecule has 17 heavy (non-hydrogen) atoms. The molecule has 1 aromatic rings. The molecule has 1 rings (SSSR count). The number of hydrogen-bond donors (Lipinski definition) is 1. The van der Waals surface area contributed by atoms with Gasteiger partial charge in [0.25, 0.3) is 6.43 Å². The maximum atomic E-state index is 11.9. The van der Waals surface area contributed by atoms with Gasteiger partial charge in [0.1, 0.15) is 6.61 Å². The van der Waals surface area contributed by atoms with Gasteiger partial charge in [-0.05, 0) is 26.0 Å². The van der Waals surface area contributed by atoms with E-state index in [0.717, 1.165) is 5.56 Å². The van der Waals surface area contributed by atoms with Crippen LogP contribution in [0.4, 0.5) is 8.78 Å². The molecular formula is C13H19F2NO. The molecule has 1 atom stereocenters. The molecule has 0 aromatic heterocycles. The Kier molecular flexibility index (Phi) is 6.08. The van der Waals surface area contributed by atoms with Gasteiger partial charge < -0.3 is 10.1 Å². The molecule has 1 N–H and O–H groups in total. The Morgan fingerprint density at radius 2 is 1.88 bits per heavy atom. The van der Waals surface area contributed by atoms with E-state index in [2.05, 4.69) is 5.32 Å². The van der Waals surface area contributed by atoms with Crippen molar-refractivity contribution < 1.29 is 13.5 Å². The summed E-state index contributed by atoms with van der Waals surface area (Å²) < 4.78 is 28.6. The van der Waals surface area contributed by atoms with Crippen molar-refractivity contribution in [2.24, 2.45) is 0 Å². The largest absolute Gasteiger partial charge is 0.375 e. The molecule has 0 aliphatic heterocycles. The van der Waals surface area contributed by atoms with Gasteiger partial charge in [-0.15, -0.1) is 0 Å². The smallest absolute Gasteiger partial charge is 0.261 e. The quantitative estimate of drug-likeness (QED) is 0.743. The van der Waals surface area contributed by atoms with Crippen LogP contribution >= 0.6 is 0 Å². The molecular weight excluding hydrogens is 224 g/mol. The van der Waals surface area contributed by atoms with Crippen molar-refractivity contribution in [3.63, 3.8) is 0 Å². The van der Waals surface area contributed by atoms with E-state index in [0.29, 0.717) is 13.0 Å². The Balaban J connectivity index is 2.40. The first-order chi connectivity index (χ1) is 8.13. The van der Waals surface area contributed by atoms with Gasteiger partial charge >= 0.3 is 0 Å². The van der Waals surface area contributed by atoms with Crippen molar-refractivity contribution >= 4 is 0 Å². The molecule has 1 aromatic carbocycles. The average molecular weight is 243 g/mol. The molecule has 0 fully saturated rings. The topological polar surface area (TPSA) is 21.3 Å². The highest BCUT2D eigenvalue weighted by Crippen LogP contribution is 2.17. The van der Waals surface area contributed by atoms with E-state index < -0.39 is 13.0 Å². The van der Waals surface area contributed by atoms with Crippen LogP contribution in [0.1, 0.15) is 23.6 Å². The van der Waals surface area contributed by atoms with Crippen molar-refractivity contribution in [1.29, 1.82) is 0 Å². The predicted octanol–water partition coefficient (Wildman–Crippen LogP) is 2.93. The van der Waals surface area contributed by atoms with Crippen molar-refractivity contribution in [3.05, 3.63) is 35.4 Å². The Bertz CT molecular complexity index is 314. The summed E-state index contributed by atoms with van der Waals surface area (Å²) in [5.74, 6) is 0. The van der Waals surface area contributed by atoms with Crippen LogP contribution in [0.5, 0.6) is 0 Å².